The van der Waals surface area contributed by atoms with Crippen LogP contribution >= 0.6 is 0 Å². The molecule has 0 fully saturated rings. The maximum Gasteiger partial charge on any atom is 0.271 e. The summed E-state index contributed by atoms with van der Waals surface area (Å²) in [5, 5.41) is 13.2. The summed E-state index contributed by atoms with van der Waals surface area (Å²) < 4.78 is 13.7. The lowest BCUT2D eigenvalue weighted by Gasteiger charge is -2.15. The predicted octanol–water partition coefficient (Wildman–Crippen LogP) is 3.87. The third kappa shape index (κ3) is 3.46. The van der Waals surface area contributed by atoms with E-state index in [2.05, 4.69) is 5.32 Å². The first-order valence-electron chi connectivity index (χ1n) is 6.82. The number of carbonyl (C=O) groups is 1. The molecule has 114 valence electrons. The summed E-state index contributed by atoms with van der Waals surface area (Å²) in [4.78, 5) is 22.4. The molecule has 0 saturated heterocycles. The molecule has 0 radical (unpaired) electrons. The molecule has 1 atom stereocenters. The molecule has 0 aromatic heterocycles. The van der Waals surface area contributed by atoms with Gasteiger partial charge in [-0.25, -0.2) is 4.39 Å². The number of rotatable bonds is 5. The molecule has 5 nitrogen and oxygen atoms in total. The summed E-state index contributed by atoms with van der Waals surface area (Å²) in [6, 6.07) is 12.2. The van der Waals surface area contributed by atoms with Crippen molar-refractivity contribution in [2.45, 2.75) is 19.3 Å². The van der Waals surface area contributed by atoms with Crippen LogP contribution in [0.1, 0.15) is 24.8 Å². The Kier molecular flexibility index (Phi) is 4.83. The van der Waals surface area contributed by atoms with Gasteiger partial charge in [-0.1, -0.05) is 37.3 Å². The monoisotopic (exact) mass is 302 g/mol. The Hall–Kier alpha value is -2.76. The van der Waals surface area contributed by atoms with Gasteiger partial charge >= 0.3 is 0 Å². The smallest absolute Gasteiger partial charge is 0.271 e. The summed E-state index contributed by atoms with van der Waals surface area (Å²) in [5.74, 6) is -1.55. The van der Waals surface area contributed by atoms with Gasteiger partial charge in [0.1, 0.15) is 5.82 Å². The fraction of sp³-hybridized carbons (Fsp3) is 0.188. The molecule has 0 aliphatic carbocycles. The number of hydrogen-bond donors (Lipinski definition) is 1. The largest absolute Gasteiger partial charge is 0.323 e. The fourth-order valence-electron chi connectivity index (χ4n) is 2.20. The minimum absolute atomic E-state index is 0.186. The first-order valence-corrected chi connectivity index (χ1v) is 6.82. The van der Waals surface area contributed by atoms with Gasteiger partial charge in [0.25, 0.3) is 5.69 Å². The number of nitro groups is 1. The van der Waals surface area contributed by atoms with Gasteiger partial charge in [-0.15, -0.1) is 0 Å². The fourth-order valence-corrected chi connectivity index (χ4v) is 2.20. The van der Waals surface area contributed by atoms with Gasteiger partial charge in [0.15, 0.2) is 0 Å². The van der Waals surface area contributed by atoms with Gasteiger partial charge in [0, 0.05) is 12.1 Å². The molecule has 0 heterocycles. The van der Waals surface area contributed by atoms with Crippen molar-refractivity contribution >= 4 is 17.3 Å². The normalized spacial score (nSPS) is 11.7. The van der Waals surface area contributed by atoms with E-state index in [1.54, 1.807) is 0 Å². The molecule has 6 heteroatoms. The molecular formula is C16H15FN2O3. The SMILES string of the molecule is CC[C@@H](C(=O)Nc1cc([N+](=O)[O-])ccc1F)c1ccccc1. The molecule has 1 amide bonds. The van der Waals surface area contributed by atoms with E-state index in [9.17, 15) is 19.3 Å². The van der Waals surface area contributed by atoms with Gasteiger partial charge in [-0.2, -0.15) is 0 Å². The topological polar surface area (TPSA) is 72.2 Å². The molecule has 2 aromatic rings. The van der Waals surface area contributed by atoms with E-state index in [0.717, 1.165) is 23.8 Å². The third-order valence-corrected chi connectivity index (χ3v) is 3.35. The van der Waals surface area contributed by atoms with Gasteiger partial charge < -0.3 is 5.32 Å². The van der Waals surface area contributed by atoms with Crippen LogP contribution in [-0.2, 0) is 4.79 Å². The number of anilines is 1. The zero-order valence-electron chi connectivity index (χ0n) is 12.0. The second kappa shape index (κ2) is 6.80. The summed E-state index contributed by atoms with van der Waals surface area (Å²) in [6.45, 7) is 1.85. The zero-order valence-corrected chi connectivity index (χ0v) is 12.0. The van der Waals surface area contributed by atoms with Crippen LogP contribution in [0.4, 0.5) is 15.8 Å². The van der Waals surface area contributed by atoms with Crippen LogP contribution < -0.4 is 5.32 Å². The van der Waals surface area contributed by atoms with Gasteiger partial charge in [-0.05, 0) is 18.1 Å². The van der Waals surface area contributed by atoms with Crippen LogP contribution in [0, 0.1) is 15.9 Å². The average Bonchev–Trinajstić information content (AvgIpc) is 2.51. The third-order valence-electron chi connectivity index (χ3n) is 3.35. The molecule has 0 saturated carbocycles. The number of amides is 1. The van der Waals surface area contributed by atoms with Crippen molar-refractivity contribution in [3.05, 3.63) is 70.0 Å². The number of nitrogens with one attached hydrogen (secondary N) is 1. The number of non-ortho nitro benzene ring substituents is 1. The zero-order chi connectivity index (χ0) is 16.1. The van der Waals surface area contributed by atoms with Crippen molar-refractivity contribution in [1.82, 2.24) is 0 Å². The summed E-state index contributed by atoms with van der Waals surface area (Å²) in [6.07, 6.45) is 0.534. The number of nitro benzene ring substituents is 1. The van der Waals surface area contributed by atoms with Gasteiger partial charge in [-0.3, -0.25) is 14.9 Å². The minimum atomic E-state index is -0.707. The van der Waals surface area contributed by atoms with Crippen molar-refractivity contribution in [2.75, 3.05) is 5.32 Å². The molecule has 2 aromatic carbocycles. The lowest BCUT2D eigenvalue weighted by molar-refractivity contribution is -0.384. The quantitative estimate of drug-likeness (QED) is 0.673. The van der Waals surface area contributed by atoms with Crippen molar-refractivity contribution in [2.24, 2.45) is 0 Å². The van der Waals surface area contributed by atoms with Crippen LogP contribution in [-0.4, -0.2) is 10.8 Å². The van der Waals surface area contributed by atoms with E-state index in [4.69, 9.17) is 0 Å². The highest BCUT2D eigenvalue weighted by molar-refractivity contribution is 5.96. The Bertz CT molecular complexity index is 689. The molecule has 2 rings (SSSR count). The Balaban J connectivity index is 2.24. The molecular weight excluding hydrogens is 287 g/mol. The second-order valence-corrected chi connectivity index (χ2v) is 4.78. The number of hydrogen-bond acceptors (Lipinski definition) is 3. The standard InChI is InChI=1S/C16H15FN2O3/c1-2-13(11-6-4-3-5-7-11)16(20)18-15-10-12(19(21)22)8-9-14(15)17/h3-10,13H,2H2,1H3,(H,18,20)/t13-/m1/s1. The number of nitrogens with zero attached hydrogens (tertiary/aromatic N) is 1. The van der Waals surface area contributed by atoms with Crippen molar-refractivity contribution in [1.29, 1.82) is 0 Å². The van der Waals surface area contributed by atoms with Crippen LogP contribution in [0.25, 0.3) is 0 Å². The number of halogens is 1. The summed E-state index contributed by atoms with van der Waals surface area (Å²) in [5.41, 5.74) is 0.353. The van der Waals surface area contributed by atoms with E-state index in [-0.39, 0.29) is 11.4 Å². The lowest BCUT2D eigenvalue weighted by Crippen LogP contribution is -2.21. The Morgan fingerprint density at radius 1 is 1.27 bits per heavy atom. The molecule has 22 heavy (non-hydrogen) atoms. The summed E-state index contributed by atoms with van der Waals surface area (Å²) in [7, 11) is 0. The van der Waals surface area contributed by atoms with Crippen LogP contribution in [0.3, 0.4) is 0 Å². The van der Waals surface area contributed by atoms with Crippen LogP contribution in [0.2, 0.25) is 0 Å². The second-order valence-electron chi connectivity index (χ2n) is 4.78. The number of benzene rings is 2. The highest BCUT2D eigenvalue weighted by Crippen LogP contribution is 2.25. The predicted molar refractivity (Wildman–Crippen MR) is 81.2 cm³/mol. The van der Waals surface area contributed by atoms with Crippen LogP contribution in [0.15, 0.2) is 48.5 Å². The van der Waals surface area contributed by atoms with E-state index >= 15 is 0 Å². The van der Waals surface area contributed by atoms with E-state index < -0.39 is 22.6 Å². The lowest BCUT2D eigenvalue weighted by atomic mass is 9.95. The molecule has 1 N–H and O–H groups in total. The first-order chi connectivity index (χ1) is 10.5. The number of carbonyl (C=O) groups excluding carboxylic acids is 1. The molecule has 0 spiro atoms. The summed E-state index contributed by atoms with van der Waals surface area (Å²) >= 11 is 0. The van der Waals surface area contributed by atoms with E-state index in [0.29, 0.717) is 6.42 Å². The maximum absolute atomic E-state index is 13.7. The Labute approximate surface area is 126 Å². The van der Waals surface area contributed by atoms with E-state index in [1.165, 1.54) is 0 Å². The van der Waals surface area contributed by atoms with Crippen molar-refractivity contribution < 1.29 is 14.1 Å². The molecule has 0 aliphatic heterocycles. The molecule has 0 bridgehead atoms. The average molecular weight is 302 g/mol. The highest BCUT2D eigenvalue weighted by atomic mass is 19.1. The van der Waals surface area contributed by atoms with Crippen LogP contribution in [0.5, 0.6) is 0 Å². The van der Waals surface area contributed by atoms with Gasteiger partial charge in [0.2, 0.25) is 5.91 Å². The van der Waals surface area contributed by atoms with E-state index in [1.807, 2.05) is 37.3 Å². The van der Waals surface area contributed by atoms with Gasteiger partial charge in [0.05, 0.1) is 16.5 Å². The van der Waals surface area contributed by atoms with Crippen molar-refractivity contribution in [3.63, 3.8) is 0 Å². The maximum atomic E-state index is 13.7. The highest BCUT2D eigenvalue weighted by Gasteiger charge is 2.20. The Morgan fingerprint density at radius 2 is 1.95 bits per heavy atom. The molecule has 0 aliphatic rings. The Morgan fingerprint density at radius 3 is 2.55 bits per heavy atom. The minimum Gasteiger partial charge on any atom is -0.323 e. The molecule has 0 unspecified atom stereocenters. The first kappa shape index (κ1) is 15.6. The van der Waals surface area contributed by atoms with Crippen molar-refractivity contribution in [3.8, 4) is 0 Å².